The number of aryl methyl sites for hydroxylation is 2. The molecule has 2 aromatic heterocycles. The molecule has 1 amide bonds. The standard InChI is InChI=1S/C39H53N5O12/c1-24(53-38(48)55-30-9-5-3-6-10-30)51-23-50-22-29(19-20-32(45)52-25(2)54-39(49)56-31-11-7-4-8-12-31)42-35(46)27-16-13-26(14-17-27)15-18-28-21-41-34-33(28)36(47)44-37(40)43-34/h13-14,16-17,21,24-25,29-31H,3-12,15,18-20,22-23H2,1-2H3,(H,42,46)(H4,40,41,43,44,47)/t24?,25?,29-/m0/s1. The van der Waals surface area contributed by atoms with Gasteiger partial charge in [0.1, 0.15) is 17.9 Å². The summed E-state index contributed by atoms with van der Waals surface area (Å²) in [5.74, 6) is -1.03. The number of hydrogen-bond donors (Lipinski definition) is 4. The van der Waals surface area contributed by atoms with Gasteiger partial charge in [0.2, 0.25) is 18.5 Å². The summed E-state index contributed by atoms with van der Waals surface area (Å²) < 4.78 is 37.4. The van der Waals surface area contributed by atoms with Crippen LogP contribution in [0, 0.1) is 0 Å². The van der Waals surface area contributed by atoms with Gasteiger partial charge >= 0.3 is 18.3 Å². The van der Waals surface area contributed by atoms with Gasteiger partial charge in [-0.25, -0.2) is 9.59 Å². The number of carbonyl (C=O) groups excluding carboxylic acids is 4. The number of nitrogen functional groups attached to an aromatic ring is 1. The summed E-state index contributed by atoms with van der Waals surface area (Å²) in [5.41, 5.74) is 7.85. The second-order valence-corrected chi connectivity index (χ2v) is 14.2. The Morgan fingerprint density at radius 3 is 2.12 bits per heavy atom. The molecule has 2 aliphatic rings. The highest BCUT2D eigenvalue weighted by Gasteiger charge is 2.24. The van der Waals surface area contributed by atoms with Crippen molar-refractivity contribution in [3.05, 3.63) is 57.5 Å². The van der Waals surface area contributed by atoms with Crippen molar-refractivity contribution in [3.8, 4) is 0 Å². The first-order valence-corrected chi connectivity index (χ1v) is 19.4. The van der Waals surface area contributed by atoms with E-state index < -0.39 is 42.8 Å². The van der Waals surface area contributed by atoms with Crippen LogP contribution in [0.25, 0.3) is 11.0 Å². The summed E-state index contributed by atoms with van der Waals surface area (Å²) in [7, 11) is 0. The molecular formula is C39H53N5O12. The highest BCUT2D eigenvalue weighted by Crippen LogP contribution is 2.22. The summed E-state index contributed by atoms with van der Waals surface area (Å²) >= 11 is 0. The van der Waals surface area contributed by atoms with E-state index in [4.69, 9.17) is 38.9 Å². The second-order valence-electron chi connectivity index (χ2n) is 14.2. The Bertz CT molecular complexity index is 1800. The average molecular weight is 784 g/mol. The van der Waals surface area contributed by atoms with Crippen LogP contribution in [0.3, 0.4) is 0 Å². The summed E-state index contributed by atoms with van der Waals surface area (Å²) in [5, 5.41) is 3.35. The Hall–Kier alpha value is -5.16. The molecular weight excluding hydrogens is 730 g/mol. The van der Waals surface area contributed by atoms with Gasteiger partial charge < -0.3 is 49.2 Å². The van der Waals surface area contributed by atoms with E-state index in [0.717, 1.165) is 75.3 Å². The number of H-pyrrole nitrogens is 2. The second kappa shape index (κ2) is 21.2. The fourth-order valence-electron chi connectivity index (χ4n) is 6.78. The van der Waals surface area contributed by atoms with E-state index in [1.54, 1.807) is 18.3 Å². The molecule has 1 aromatic carbocycles. The van der Waals surface area contributed by atoms with Crippen molar-refractivity contribution in [2.75, 3.05) is 19.1 Å². The predicted octanol–water partition coefficient (Wildman–Crippen LogP) is 5.69. The molecule has 2 heterocycles. The number of amides is 1. The first-order valence-electron chi connectivity index (χ1n) is 19.4. The molecule has 0 spiro atoms. The molecule has 56 heavy (non-hydrogen) atoms. The van der Waals surface area contributed by atoms with E-state index in [9.17, 15) is 24.0 Å². The van der Waals surface area contributed by atoms with Crippen LogP contribution in [-0.2, 0) is 50.8 Å². The molecule has 0 bridgehead atoms. The molecule has 5 N–H and O–H groups in total. The molecule has 0 saturated heterocycles. The molecule has 2 fully saturated rings. The van der Waals surface area contributed by atoms with Gasteiger partial charge in [-0.1, -0.05) is 25.0 Å². The number of carbonyl (C=O) groups is 4. The number of fused-ring (bicyclic) bond motifs is 1. The monoisotopic (exact) mass is 783 g/mol. The first kappa shape index (κ1) is 42.0. The van der Waals surface area contributed by atoms with Crippen molar-refractivity contribution in [2.45, 2.75) is 135 Å². The highest BCUT2D eigenvalue weighted by atomic mass is 16.8. The number of aromatic amines is 2. The van der Waals surface area contributed by atoms with Crippen LogP contribution >= 0.6 is 0 Å². The van der Waals surface area contributed by atoms with Crippen LogP contribution in [0.15, 0.2) is 35.3 Å². The zero-order chi connectivity index (χ0) is 39.9. The molecule has 306 valence electrons. The topological polar surface area (TPSA) is 232 Å². The third-order valence-electron chi connectivity index (χ3n) is 9.73. The predicted molar refractivity (Wildman–Crippen MR) is 201 cm³/mol. The maximum absolute atomic E-state index is 13.3. The van der Waals surface area contributed by atoms with Crippen molar-refractivity contribution >= 4 is 41.2 Å². The zero-order valence-electron chi connectivity index (χ0n) is 32.0. The number of benzene rings is 1. The number of anilines is 1. The Morgan fingerprint density at radius 1 is 0.857 bits per heavy atom. The molecule has 2 saturated carbocycles. The third kappa shape index (κ3) is 13.5. The fourth-order valence-corrected chi connectivity index (χ4v) is 6.78. The summed E-state index contributed by atoms with van der Waals surface area (Å²) in [6.07, 6.45) is 8.03. The molecule has 0 radical (unpaired) electrons. The highest BCUT2D eigenvalue weighted by molar-refractivity contribution is 5.94. The number of aromatic nitrogens is 3. The minimum absolute atomic E-state index is 0.0344. The largest absolute Gasteiger partial charge is 0.511 e. The van der Waals surface area contributed by atoms with Crippen molar-refractivity contribution in [1.29, 1.82) is 0 Å². The van der Waals surface area contributed by atoms with Crippen molar-refractivity contribution < 1.29 is 52.3 Å². The summed E-state index contributed by atoms with van der Waals surface area (Å²) in [4.78, 5) is 72.4. The van der Waals surface area contributed by atoms with Gasteiger partial charge in [-0.2, -0.15) is 4.98 Å². The number of ether oxygens (including phenoxy) is 7. The van der Waals surface area contributed by atoms with Gasteiger partial charge in [0.05, 0.1) is 18.0 Å². The van der Waals surface area contributed by atoms with Crippen LogP contribution in [-0.4, -0.2) is 83.4 Å². The quantitative estimate of drug-likeness (QED) is 0.0525. The lowest BCUT2D eigenvalue weighted by Gasteiger charge is -2.23. The number of nitrogens with one attached hydrogen (secondary N) is 3. The molecule has 17 heteroatoms. The number of nitrogens with two attached hydrogens (primary N) is 1. The molecule has 3 atom stereocenters. The van der Waals surface area contributed by atoms with Gasteiger partial charge in [-0.15, -0.1) is 0 Å². The lowest BCUT2D eigenvalue weighted by atomic mass is 9.98. The Labute approximate surface area is 324 Å². The van der Waals surface area contributed by atoms with Crippen molar-refractivity contribution in [3.63, 3.8) is 0 Å². The molecule has 5 rings (SSSR count). The minimum atomic E-state index is -1.17. The lowest BCUT2D eigenvalue weighted by molar-refractivity contribution is -0.174. The van der Waals surface area contributed by atoms with Crippen molar-refractivity contribution in [1.82, 2.24) is 20.3 Å². The molecule has 0 aliphatic heterocycles. The van der Waals surface area contributed by atoms with Gasteiger partial charge in [-0.05, 0) is 101 Å². The van der Waals surface area contributed by atoms with Crippen LogP contribution in [0.4, 0.5) is 15.5 Å². The molecule has 17 nitrogen and oxygen atoms in total. The van der Waals surface area contributed by atoms with E-state index >= 15 is 0 Å². The Balaban J connectivity index is 1.10. The Kier molecular flexibility index (Phi) is 15.9. The zero-order valence-corrected chi connectivity index (χ0v) is 32.0. The van der Waals surface area contributed by atoms with Crippen LogP contribution < -0.4 is 16.6 Å². The van der Waals surface area contributed by atoms with E-state index in [-0.39, 0.29) is 50.0 Å². The van der Waals surface area contributed by atoms with Gasteiger partial charge in [0, 0.05) is 25.1 Å². The summed E-state index contributed by atoms with van der Waals surface area (Å²) in [6, 6.07) is 6.34. The van der Waals surface area contributed by atoms with Crippen LogP contribution in [0.5, 0.6) is 0 Å². The van der Waals surface area contributed by atoms with Gasteiger partial charge in [-0.3, -0.25) is 19.4 Å². The number of hydrogen-bond acceptors (Lipinski definition) is 14. The van der Waals surface area contributed by atoms with Gasteiger partial charge in [0.15, 0.2) is 6.79 Å². The van der Waals surface area contributed by atoms with E-state index in [1.807, 2.05) is 12.1 Å². The van der Waals surface area contributed by atoms with Gasteiger partial charge in [0.25, 0.3) is 11.5 Å². The van der Waals surface area contributed by atoms with E-state index in [0.29, 0.717) is 29.4 Å². The van der Waals surface area contributed by atoms with Crippen molar-refractivity contribution in [2.24, 2.45) is 0 Å². The maximum atomic E-state index is 13.3. The number of esters is 1. The minimum Gasteiger partial charge on any atom is -0.431 e. The van der Waals surface area contributed by atoms with Crippen LogP contribution in [0.1, 0.15) is 112 Å². The Morgan fingerprint density at radius 2 is 1.48 bits per heavy atom. The van der Waals surface area contributed by atoms with E-state index in [2.05, 4.69) is 20.3 Å². The molecule has 2 unspecified atom stereocenters. The normalized spacial score (nSPS) is 16.7. The molecule has 3 aromatic rings. The lowest BCUT2D eigenvalue weighted by Crippen LogP contribution is -2.39. The SMILES string of the molecule is CC(OCOC[C@H](CCC(=O)OC(C)OC(=O)OC1CCCCC1)NC(=O)c1ccc(CCc2c[nH]c3nc(N)[nH]c(=O)c23)cc1)OC(=O)OC1CCCCC1. The number of rotatable bonds is 18. The third-order valence-corrected chi connectivity index (χ3v) is 9.73. The van der Waals surface area contributed by atoms with E-state index in [1.165, 1.54) is 13.8 Å². The average Bonchev–Trinajstić information content (AvgIpc) is 3.58. The fraction of sp³-hybridized carbons (Fsp3) is 0.590. The summed E-state index contributed by atoms with van der Waals surface area (Å²) in [6.45, 7) is 2.63. The maximum Gasteiger partial charge on any atom is 0.511 e. The number of nitrogens with zero attached hydrogens (tertiary/aromatic N) is 1. The first-order chi connectivity index (χ1) is 27.0. The molecule has 2 aliphatic carbocycles. The van der Waals surface area contributed by atoms with Crippen LogP contribution in [0.2, 0.25) is 0 Å². The smallest absolute Gasteiger partial charge is 0.431 e.